The van der Waals surface area contributed by atoms with Gasteiger partial charge in [-0.05, 0) is 49.9 Å². The number of hydrogen-bond donors (Lipinski definition) is 0. The van der Waals surface area contributed by atoms with Gasteiger partial charge in [0.1, 0.15) is 17.1 Å². The SMILES string of the molecule is Cc1nc(Cl)cc(-n2ncc3cc(C)c(C4CCCCC4F)cc32)n1. The maximum Gasteiger partial charge on any atom is 0.159 e. The first kappa shape index (κ1) is 16.5. The van der Waals surface area contributed by atoms with Crippen molar-refractivity contribution in [2.45, 2.75) is 51.6 Å². The van der Waals surface area contributed by atoms with Crippen molar-refractivity contribution in [1.82, 2.24) is 19.7 Å². The van der Waals surface area contributed by atoms with Crippen molar-refractivity contribution in [3.8, 4) is 5.82 Å². The summed E-state index contributed by atoms with van der Waals surface area (Å²) in [7, 11) is 0. The van der Waals surface area contributed by atoms with Crippen LogP contribution in [0.2, 0.25) is 5.15 Å². The van der Waals surface area contributed by atoms with Gasteiger partial charge in [-0.25, -0.2) is 19.0 Å². The molecule has 0 aliphatic heterocycles. The molecule has 1 aromatic carbocycles. The monoisotopic (exact) mass is 358 g/mol. The number of halogens is 2. The highest BCUT2D eigenvalue weighted by molar-refractivity contribution is 6.29. The fourth-order valence-electron chi connectivity index (χ4n) is 3.85. The van der Waals surface area contributed by atoms with E-state index in [0.29, 0.717) is 23.2 Å². The molecule has 0 saturated heterocycles. The molecule has 4 nitrogen and oxygen atoms in total. The Morgan fingerprint density at radius 2 is 1.92 bits per heavy atom. The van der Waals surface area contributed by atoms with Gasteiger partial charge in [0, 0.05) is 17.4 Å². The van der Waals surface area contributed by atoms with Crippen LogP contribution in [0.3, 0.4) is 0 Å². The molecule has 1 aliphatic rings. The number of alkyl halides is 1. The predicted octanol–water partition coefficient (Wildman–Crippen LogP) is 5.08. The van der Waals surface area contributed by atoms with Crippen LogP contribution in [0.5, 0.6) is 0 Å². The summed E-state index contributed by atoms with van der Waals surface area (Å²) in [4.78, 5) is 8.54. The van der Waals surface area contributed by atoms with Crippen molar-refractivity contribution >= 4 is 22.5 Å². The minimum atomic E-state index is -0.767. The van der Waals surface area contributed by atoms with E-state index < -0.39 is 6.17 Å². The third-order valence-electron chi connectivity index (χ3n) is 5.05. The van der Waals surface area contributed by atoms with Crippen LogP contribution in [-0.2, 0) is 0 Å². The number of aromatic nitrogens is 4. The fourth-order valence-corrected chi connectivity index (χ4v) is 4.07. The van der Waals surface area contributed by atoms with Crippen molar-refractivity contribution in [3.63, 3.8) is 0 Å². The van der Waals surface area contributed by atoms with Crippen LogP contribution in [0.1, 0.15) is 48.6 Å². The lowest BCUT2D eigenvalue weighted by molar-refractivity contribution is 0.216. The molecule has 2 atom stereocenters. The summed E-state index contributed by atoms with van der Waals surface area (Å²) in [5, 5.41) is 5.87. The lowest BCUT2D eigenvalue weighted by Crippen LogP contribution is -2.19. The van der Waals surface area contributed by atoms with Gasteiger partial charge in [-0.1, -0.05) is 24.4 Å². The normalized spacial score (nSPS) is 21.0. The first-order valence-corrected chi connectivity index (χ1v) is 9.04. The first-order valence-electron chi connectivity index (χ1n) is 8.67. The van der Waals surface area contributed by atoms with Gasteiger partial charge in [0.25, 0.3) is 0 Å². The topological polar surface area (TPSA) is 43.6 Å². The minimum Gasteiger partial charge on any atom is -0.247 e. The molecule has 25 heavy (non-hydrogen) atoms. The van der Waals surface area contributed by atoms with Gasteiger partial charge in [0.15, 0.2) is 5.82 Å². The van der Waals surface area contributed by atoms with E-state index in [1.165, 1.54) is 0 Å². The van der Waals surface area contributed by atoms with Crippen LogP contribution in [-0.4, -0.2) is 25.9 Å². The van der Waals surface area contributed by atoms with Gasteiger partial charge in [-0.15, -0.1) is 0 Å². The smallest absolute Gasteiger partial charge is 0.159 e. The maximum atomic E-state index is 14.5. The Balaban J connectivity index is 1.86. The fraction of sp³-hybridized carbons (Fsp3) is 0.421. The summed E-state index contributed by atoms with van der Waals surface area (Å²) in [6.07, 6.45) is 4.67. The van der Waals surface area contributed by atoms with Crippen LogP contribution in [0.4, 0.5) is 4.39 Å². The van der Waals surface area contributed by atoms with E-state index in [1.54, 1.807) is 17.7 Å². The summed E-state index contributed by atoms with van der Waals surface area (Å²) < 4.78 is 16.3. The standard InChI is InChI=1S/C19H20ClFN4/c1-11-7-13-10-22-25(19-9-18(20)23-12(2)24-19)17(13)8-15(11)14-5-3-4-6-16(14)21/h7-10,14,16H,3-6H2,1-2H3. The second-order valence-electron chi connectivity index (χ2n) is 6.83. The van der Waals surface area contributed by atoms with Crippen LogP contribution in [0, 0.1) is 13.8 Å². The van der Waals surface area contributed by atoms with Gasteiger partial charge >= 0.3 is 0 Å². The average Bonchev–Trinajstić information content (AvgIpc) is 2.96. The lowest BCUT2D eigenvalue weighted by Gasteiger charge is -2.27. The second kappa shape index (κ2) is 6.37. The molecule has 6 heteroatoms. The van der Waals surface area contributed by atoms with Crippen molar-refractivity contribution in [2.75, 3.05) is 0 Å². The zero-order valence-electron chi connectivity index (χ0n) is 14.3. The van der Waals surface area contributed by atoms with Gasteiger partial charge in [0.2, 0.25) is 0 Å². The summed E-state index contributed by atoms with van der Waals surface area (Å²) >= 11 is 6.07. The molecule has 1 aliphatic carbocycles. The molecule has 2 unspecified atom stereocenters. The molecule has 0 bridgehead atoms. The molecule has 1 saturated carbocycles. The van der Waals surface area contributed by atoms with Crippen molar-refractivity contribution in [2.24, 2.45) is 0 Å². The largest absolute Gasteiger partial charge is 0.247 e. The first-order chi connectivity index (χ1) is 12.0. The number of fused-ring (bicyclic) bond motifs is 1. The van der Waals surface area contributed by atoms with E-state index in [4.69, 9.17) is 11.6 Å². The second-order valence-corrected chi connectivity index (χ2v) is 7.21. The quantitative estimate of drug-likeness (QED) is 0.600. The average molecular weight is 359 g/mol. The molecule has 2 heterocycles. The molecular weight excluding hydrogens is 339 g/mol. The van der Waals surface area contributed by atoms with Gasteiger partial charge in [-0.2, -0.15) is 5.10 Å². The minimum absolute atomic E-state index is 0.0303. The van der Waals surface area contributed by atoms with Crippen molar-refractivity contribution < 1.29 is 4.39 Å². The van der Waals surface area contributed by atoms with E-state index in [2.05, 4.69) is 34.1 Å². The summed E-state index contributed by atoms with van der Waals surface area (Å²) in [5.74, 6) is 1.19. The Morgan fingerprint density at radius 1 is 1.12 bits per heavy atom. The number of aryl methyl sites for hydroxylation is 2. The van der Waals surface area contributed by atoms with Gasteiger partial charge in [-0.3, -0.25) is 0 Å². The molecule has 1 fully saturated rings. The molecule has 130 valence electrons. The van der Waals surface area contributed by atoms with E-state index in [-0.39, 0.29) is 5.92 Å². The summed E-state index contributed by atoms with van der Waals surface area (Å²) in [6.45, 7) is 3.85. The van der Waals surface area contributed by atoms with E-state index in [1.807, 2.05) is 6.20 Å². The zero-order chi connectivity index (χ0) is 17.6. The van der Waals surface area contributed by atoms with Gasteiger partial charge in [0.05, 0.1) is 11.7 Å². The molecule has 0 spiro atoms. The molecule has 4 rings (SSSR count). The Labute approximate surface area is 151 Å². The van der Waals surface area contributed by atoms with E-state index >= 15 is 0 Å². The number of hydrogen-bond acceptors (Lipinski definition) is 3. The molecule has 0 amide bonds. The zero-order valence-corrected chi connectivity index (χ0v) is 15.1. The molecule has 2 aromatic heterocycles. The molecule has 0 radical (unpaired) electrons. The van der Waals surface area contributed by atoms with Crippen LogP contribution in [0.15, 0.2) is 24.4 Å². The lowest BCUT2D eigenvalue weighted by atomic mass is 9.80. The number of rotatable bonds is 2. The van der Waals surface area contributed by atoms with E-state index in [0.717, 1.165) is 41.3 Å². The molecule has 3 aromatic rings. The molecular formula is C19H20ClFN4. The molecule has 0 N–H and O–H groups in total. The summed E-state index contributed by atoms with van der Waals surface area (Å²) in [6, 6.07) is 5.86. The Kier molecular flexibility index (Phi) is 4.20. The van der Waals surface area contributed by atoms with Crippen molar-refractivity contribution in [1.29, 1.82) is 0 Å². The highest BCUT2D eigenvalue weighted by Crippen LogP contribution is 2.38. The maximum absolute atomic E-state index is 14.5. The highest BCUT2D eigenvalue weighted by atomic mass is 35.5. The number of nitrogens with zero attached hydrogens (tertiary/aromatic N) is 4. The third kappa shape index (κ3) is 3.01. The summed E-state index contributed by atoms with van der Waals surface area (Å²) in [5.41, 5.74) is 3.13. The van der Waals surface area contributed by atoms with E-state index in [9.17, 15) is 4.39 Å². The Morgan fingerprint density at radius 3 is 2.68 bits per heavy atom. The van der Waals surface area contributed by atoms with Crippen LogP contribution in [0.25, 0.3) is 16.7 Å². The van der Waals surface area contributed by atoms with Crippen molar-refractivity contribution in [3.05, 3.63) is 46.5 Å². The predicted molar refractivity (Wildman–Crippen MR) is 97.2 cm³/mol. The Bertz CT molecular complexity index is 916. The number of benzene rings is 1. The Hall–Kier alpha value is -2.01. The highest BCUT2D eigenvalue weighted by Gasteiger charge is 2.28. The van der Waals surface area contributed by atoms with Crippen LogP contribution >= 0.6 is 11.6 Å². The van der Waals surface area contributed by atoms with Crippen LogP contribution < -0.4 is 0 Å². The van der Waals surface area contributed by atoms with Gasteiger partial charge < -0.3 is 0 Å². The third-order valence-corrected chi connectivity index (χ3v) is 5.24.